The van der Waals surface area contributed by atoms with Crippen LogP contribution >= 0.6 is 0 Å². The van der Waals surface area contributed by atoms with Gasteiger partial charge in [-0.25, -0.2) is 9.78 Å². The Morgan fingerprint density at radius 1 is 1.20 bits per heavy atom. The SMILES string of the molecule is CCc1c(C(=O)C(N)=O)c2c(OCC(=O)O)nc(C)cn2c1CC1CCCC(c2ccccc2)C1. The number of carbonyl (C=O) groups excluding carboxylic acids is 2. The zero-order valence-electron chi connectivity index (χ0n) is 20.1. The summed E-state index contributed by atoms with van der Waals surface area (Å²) in [5.74, 6) is -2.15. The van der Waals surface area contributed by atoms with E-state index in [-0.39, 0.29) is 11.4 Å². The Balaban J connectivity index is 1.80. The highest BCUT2D eigenvalue weighted by molar-refractivity contribution is 6.44. The van der Waals surface area contributed by atoms with Crippen LogP contribution < -0.4 is 10.5 Å². The van der Waals surface area contributed by atoms with Crippen molar-refractivity contribution in [2.24, 2.45) is 11.7 Å². The van der Waals surface area contributed by atoms with Gasteiger partial charge in [-0.05, 0) is 55.6 Å². The van der Waals surface area contributed by atoms with E-state index >= 15 is 0 Å². The number of nitrogens with zero attached hydrogens (tertiary/aromatic N) is 2. The largest absolute Gasteiger partial charge is 0.479 e. The molecule has 1 amide bonds. The van der Waals surface area contributed by atoms with Gasteiger partial charge in [0.1, 0.15) is 5.52 Å². The number of carbonyl (C=O) groups is 3. The molecule has 0 aliphatic heterocycles. The summed E-state index contributed by atoms with van der Waals surface area (Å²) in [6, 6.07) is 10.5. The van der Waals surface area contributed by atoms with Crippen LogP contribution in [0.5, 0.6) is 5.88 Å². The molecule has 8 heteroatoms. The van der Waals surface area contributed by atoms with Gasteiger partial charge < -0.3 is 20.0 Å². The van der Waals surface area contributed by atoms with Crippen molar-refractivity contribution in [3.8, 4) is 5.88 Å². The first-order chi connectivity index (χ1) is 16.8. The molecule has 0 saturated heterocycles. The fraction of sp³-hybridized carbons (Fsp3) is 0.407. The van der Waals surface area contributed by atoms with Crippen LogP contribution in [0.2, 0.25) is 0 Å². The maximum absolute atomic E-state index is 13.0. The van der Waals surface area contributed by atoms with Crippen LogP contribution in [-0.2, 0) is 22.4 Å². The lowest BCUT2D eigenvalue weighted by atomic mass is 9.76. The predicted octanol–water partition coefficient (Wildman–Crippen LogP) is 3.85. The highest BCUT2D eigenvalue weighted by atomic mass is 16.5. The second-order valence-electron chi connectivity index (χ2n) is 9.28. The van der Waals surface area contributed by atoms with Gasteiger partial charge in [0, 0.05) is 11.9 Å². The number of ketones is 1. The van der Waals surface area contributed by atoms with E-state index < -0.39 is 24.3 Å². The van der Waals surface area contributed by atoms with E-state index in [1.54, 1.807) is 6.92 Å². The molecule has 2 atom stereocenters. The van der Waals surface area contributed by atoms with Crippen LogP contribution in [-0.4, -0.2) is 38.8 Å². The zero-order chi connectivity index (χ0) is 25.1. The number of aryl methyl sites for hydroxylation is 1. The number of carboxylic acids is 1. The molecular formula is C27H31N3O5. The van der Waals surface area contributed by atoms with Crippen LogP contribution in [0.3, 0.4) is 0 Å². The van der Waals surface area contributed by atoms with Gasteiger partial charge in [0.15, 0.2) is 6.61 Å². The molecule has 3 aromatic rings. The normalized spacial score (nSPS) is 17.9. The van der Waals surface area contributed by atoms with Crippen LogP contribution in [0.15, 0.2) is 36.5 Å². The molecule has 1 aliphatic carbocycles. The number of hydrogen-bond acceptors (Lipinski definition) is 5. The molecule has 4 rings (SSSR count). The predicted molar refractivity (Wildman–Crippen MR) is 131 cm³/mol. The molecule has 35 heavy (non-hydrogen) atoms. The number of carboxylic acid groups (broad SMARTS) is 1. The Kier molecular flexibility index (Phi) is 7.19. The Hall–Kier alpha value is -3.68. The molecule has 2 heterocycles. The third kappa shape index (κ3) is 5.06. The van der Waals surface area contributed by atoms with E-state index in [4.69, 9.17) is 15.6 Å². The molecule has 1 aliphatic rings. The maximum Gasteiger partial charge on any atom is 0.341 e. The first-order valence-corrected chi connectivity index (χ1v) is 12.1. The average Bonchev–Trinajstić information content (AvgIpc) is 3.15. The topological polar surface area (TPSA) is 124 Å². The van der Waals surface area contributed by atoms with Crippen LogP contribution in [0.25, 0.3) is 5.52 Å². The van der Waals surface area contributed by atoms with Crippen molar-refractivity contribution in [2.75, 3.05) is 6.61 Å². The van der Waals surface area contributed by atoms with Crippen LogP contribution in [0, 0.1) is 12.8 Å². The molecule has 2 unspecified atom stereocenters. The molecule has 8 nitrogen and oxygen atoms in total. The lowest BCUT2D eigenvalue weighted by molar-refractivity contribution is -0.139. The van der Waals surface area contributed by atoms with Crippen molar-refractivity contribution >= 4 is 23.2 Å². The molecule has 3 N–H and O–H groups in total. The highest BCUT2D eigenvalue weighted by Gasteiger charge is 2.31. The third-order valence-corrected chi connectivity index (χ3v) is 6.89. The van der Waals surface area contributed by atoms with E-state index in [0.29, 0.717) is 29.5 Å². The van der Waals surface area contributed by atoms with E-state index in [0.717, 1.165) is 43.4 Å². The van der Waals surface area contributed by atoms with Crippen molar-refractivity contribution in [1.82, 2.24) is 9.38 Å². The first-order valence-electron chi connectivity index (χ1n) is 12.1. The number of ether oxygens (including phenoxy) is 1. The first kappa shape index (κ1) is 24.4. The Morgan fingerprint density at radius 3 is 2.60 bits per heavy atom. The second-order valence-corrected chi connectivity index (χ2v) is 9.28. The average molecular weight is 478 g/mol. The van der Waals surface area contributed by atoms with Gasteiger partial charge in [0.25, 0.3) is 11.7 Å². The van der Waals surface area contributed by atoms with Crippen molar-refractivity contribution < 1.29 is 24.2 Å². The van der Waals surface area contributed by atoms with Gasteiger partial charge in [-0.1, -0.05) is 50.1 Å². The summed E-state index contributed by atoms with van der Waals surface area (Å²) >= 11 is 0. The minimum Gasteiger partial charge on any atom is -0.479 e. The second kappa shape index (κ2) is 10.3. The number of rotatable bonds is 9. The number of Topliss-reactive ketones (excluding diaryl/α,β-unsaturated/α-hetero) is 1. The van der Waals surface area contributed by atoms with E-state index in [1.807, 2.05) is 23.6 Å². The molecule has 1 fully saturated rings. The summed E-state index contributed by atoms with van der Waals surface area (Å²) in [6.07, 6.45) is 7.43. The Morgan fingerprint density at radius 2 is 1.94 bits per heavy atom. The van der Waals surface area contributed by atoms with Gasteiger partial charge >= 0.3 is 5.97 Å². The molecular weight excluding hydrogens is 446 g/mol. The van der Waals surface area contributed by atoms with E-state index in [1.165, 1.54) is 5.56 Å². The van der Waals surface area contributed by atoms with Gasteiger partial charge in [0.05, 0.1) is 11.3 Å². The number of primary amides is 1. The molecule has 1 saturated carbocycles. The number of hydrogen-bond donors (Lipinski definition) is 2. The smallest absolute Gasteiger partial charge is 0.341 e. The van der Waals surface area contributed by atoms with Gasteiger partial charge in [-0.2, -0.15) is 0 Å². The lowest BCUT2D eigenvalue weighted by Gasteiger charge is -2.30. The fourth-order valence-electron chi connectivity index (χ4n) is 5.45. The third-order valence-electron chi connectivity index (χ3n) is 6.89. The Bertz CT molecular complexity index is 1270. The zero-order valence-corrected chi connectivity index (χ0v) is 20.1. The van der Waals surface area contributed by atoms with Crippen LogP contribution in [0.1, 0.15) is 71.4 Å². The summed E-state index contributed by atoms with van der Waals surface area (Å²) in [7, 11) is 0. The van der Waals surface area contributed by atoms with Gasteiger partial charge in [-0.3, -0.25) is 9.59 Å². The van der Waals surface area contributed by atoms with Crippen molar-refractivity contribution in [2.45, 2.75) is 58.3 Å². The number of nitrogens with two attached hydrogens (primary N) is 1. The summed E-state index contributed by atoms with van der Waals surface area (Å²) in [6.45, 7) is 3.10. The molecule has 0 spiro atoms. The molecule has 1 aromatic carbocycles. The summed E-state index contributed by atoms with van der Waals surface area (Å²) in [5, 5.41) is 9.12. The minimum absolute atomic E-state index is 0.0174. The van der Waals surface area contributed by atoms with Gasteiger partial charge in [0.2, 0.25) is 5.88 Å². The summed E-state index contributed by atoms with van der Waals surface area (Å²) in [4.78, 5) is 40.4. The maximum atomic E-state index is 13.0. The molecule has 0 radical (unpaired) electrons. The van der Waals surface area contributed by atoms with E-state index in [9.17, 15) is 14.4 Å². The van der Waals surface area contributed by atoms with Crippen molar-refractivity contribution in [3.63, 3.8) is 0 Å². The number of amides is 1. The lowest BCUT2D eigenvalue weighted by Crippen LogP contribution is -2.24. The number of aromatic nitrogens is 2. The van der Waals surface area contributed by atoms with Crippen molar-refractivity contribution in [1.29, 1.82) is 0 Å². The van der Waals surface area contributed by atoms with E-state index in [2.05, 4.69) is 29.2 Å². The van der Waals surface area contributed by atoms with Gasteiger partial charge in [-0.15, -0.1) is 0 Å². The molecule has 2 aromatic heterocycles. The number of aliphatic carboxylic acids is 1. The standard InChI is InChI=1S/C27H31N3O5/c1-3-20-21(13-17-8-7-11-19(12-17)18-9-5-4-6-10-18)30-14-16(2)29-27(35-15-22(31)32)24(30)23(20)25(33)26(28)34/h4-6,9-10,14,17,19H,3,7-8,11-13,15H2,1-2H3,(H2,28,34)(H,31,32). The van der Waals surface area contributed by atoms with Crippen LogP contribution in [0.4, 0.5) is 0 Å². The number of fused-ring (bicyclic) bond motifs is 1. The Labute approximate surface area is 204 Å². The molecule has 0 bridgehead atoms. The molecule has 184 valence electrons. The highest BCUT2D eigenvalue weighted by Crippen LogP contribution is 2.40. The monoisotopic (exact) mass is 477 g/mol. The summed E-state index contributed by atoms with van der Waals surface area (Å²) < 4.78 is 7.34. The summed E-state index contributed by atoms with van der Waals surface area (Å²) in [5.41, 5.74) is 9.51. The fourth-order valence-corrected chi connectivity index (χ4v) is 5.45. The minimum atomic E-state index is -1.16. The quantitative estimate of drug-likeness (QED) is 0.356. The number of benzene rings is 1. The van der Waals surface area contributed by atoms with Crippen molar-refractivity contribution in [3.05, 3.63) is 64.6 Å².